The molecule has 2 amide bonds. The third-order valence-corrected chi connectivity index (χ3v) is 5.24. The van der Waals surface area contributed by atoms with E-state index in [4.69, 9.17) is 0 Å². The summed E-state index contributed by atoms with van der Waals surface area (Å²) in [5.41, 5.74) is 2.59. The number of urea groups is 1. The van der Waals surface area contributed by atoms with E-state index in [0.717, 1.165) is 30.5 Å². The lowest BCUT2D eigenvalue weighted by Crippen LogP contribution is -2.35. The van der Waals surface area contributed by atoms with Crippen molar-refractivity contribution in [2.45, 2.75) is 26.2 Å². The van der Waals surface area contributed by atoms with Crippen molar-refractivity contribution in [3.63, 3.8) is 0 Å². The number of hydrogen-bond acceptors (Lipinski definition) is 5. The maximum atomic E-state index is 14.4. The van der Waals surface area contributed by atoms with Crippen molar-refractivity contribution in [3.8, 4) is 0 Å². The average Bonchev–Trinajstić information content (AvgIpc) is 2.89. The van der Waals surface area contributed by atoms with Crippen molar-refractivity contribution >= 4 is 34.5 Å². The number of amides is 2. The molecule has 0 spiro atoms. The summed E-state index contributed by atoms with van der Waals surface area (Å²) in [6, 6.07) is 5.11. The summed E-state index contributed by atoms with van der Waals surface area (Å²) >= 11 is 1.18. The average molecular weight is 390 g/mol. The summed E-state index contributed by atoms with van der Waals surface area (Å²) < 4.78 is 18.4. The Hall–Kier alpha value is -2.48. The molecular formula is C19H24FN5OS. The van der Waals surface area contributed by atoms with Crippen LogP contribution in [-0.4, -0.2) is 47.5 Å². The molecule has 0 bridgehead atoms. The maximum absolute atomic E-state index is 14.4. The van der Waals surface area contributed by atoms with Gasteiger partial charge in [-0.15, -0.1) is 0 Å². The number of rotatable bonds is 3. The Kier molecular flexibility index (Phi) is 6.05. The van der Waals surface area contributed by atoms with Gasteiger partial charge in [-0.2, -0.15) is 4.37 Å². The van der Waals surface area contributed by atoms with Crippen molar-refractivity contribution in [2.75, 3.05) is 37.4 Å². The van der Waals surface area contributed by atoms with E-state index < -0.39 is 0 Å². The fraction of sp³-hybridized carbons (Fsp3) is 0.421. The predicted octanol–water partition coefficient (Wildman–Crippen LogP) is 4.15. The van der Waals surface area contributed by atoms with Gasteiger partial charge in [0, 0.05) is 50.0 Å². The van der Waals surface area contributed by atoms with Crippen molar-refractivity contribution in [1.82, 2.24) is 14.3 Å². The third-order valence-electron chi connectivity index (χ3n) is 4.52. The number of aryl methyl sites for hydroxylation is 1. The Morgan fingerprint density at radius 3 is 2.81 bits per heavy atom. The molecule has 2 heterocycles. The molecule has 1 aromatic heterocycles. The van der Waals surface area contributed by atoms with Crippen LogP contribution < -0.4 is 10.2 Å². The molecule has 0 radical (unpaired) electrons. The van der Waals surface area contributed by atoms with Crippen LogP contribution in [0.1, 0.15) is 30.7 Å². The predicted molar refractivity (Wildman–Crippen MR) is 108 cm³/mol. The van der Waals surface area contributed by atoms with Crippen LogP contribution in [0.3, 0.4) is 0 Å². The van der Waals surface area contributed by atoms with Gasteiger partial charge < -0.3 is 9.80 Å². The zero-order valence-corrected chi connectivity index (χ0v) is 16.6. The van der Waals surface area contributed by atoms with Crippen molar-refractivity contribution in [1.29, 1.82) is 0 Å². The fourth-order valence-electron chi connectivity index (χ4n) is 3.01. The minimum Gasteiger partial charge on any atom is -0.378 e. The van der Waals surface area contributed by atoms with Gasteiger partial charge in [0.25, 0.3) is 0 Å². The van der Waals surface area contributed by atoms with E-state index in [1.165, 1.54) is 11.5 Å². The molecule has 2 aromatic rings. The Morgan fingerprint density at radius 1 is 1.33 bits per heavy atom. The highest BCUT2D eigenvalue weighted by Gasteiger charge is 2.19. The van der Waals surface area contributed by atoms with Crippen LogP contribution in [0.4, 0.5) is 20.0 Å². The summed E-state index contributed by atoms with van der Waals surface area (Å²) in [5.74, 6) is 0.429. The first-order chi connectivity index (χ1) is 12.9. The quantitative estimate of drug-likeness (QED) is 0.857. The summed E-state index contributed by atoms with van der Waals surface area (Å²) in [6.07, 6.45) is 4.37. The summed E-state index contributed by atoms with van der Waals surface area (Å²) in [5, 5.41) is 3.31. The molecule has 1 aliphatic rings. The third kappa shape index (κ3) is 5.03. The van der Waals surface area contributed by atoms with Gasteiger partial charge in [0.05, 0.1) is 0 Å². The number of benzene rings is 1. The van der Waals surface area contributed by atoms with Crippen LogP contribution in [0, 0.1) is 12.7 Å². The van der Waals surface area contributed by atoms with E-state index in [-0.39, 0.29) is 11.8 Å². The Morgan fingerprint density at radius 2 is 2.15 bits per heavy atom. The monoisotopic (exact) mass is 389 g/mol. The minimum atomic E-state index is -0.223. The van der Waals surface area contributed by atoms with Crippen molar-refractivity contribution < 1.29 is 9.18 Å². The van der Waals surface area contributed by atoms with Gasteiger partial charge in [0.15, 0.2) is 0 Å². The van der Waals surface area contributed by atoms with Gasteiger partial charge in [0.1, 0.15) is 11.6 Å². The largest absolute Gasteiger partial charge is 0.378 e. The number of likely N-dealkylation sites (tertiary alicyclic amines) is 1. The van der Waals surface area contributed by atoms with Crippen LogP contribution >= 0.6 is 11.5 Å². The fourth-order valence-corrected chi connectivity index (χ4v) is 3.57. The van der Waals surface area contributed by atoms with E-state index in [2.05, 4.69) is 14.7 Å². The van der Waals surface area contributed by atoms with Gasteiger partial charge in [-0.25, -0.2) is 14.2 Å². The van der Waals surface area contributed by atoms with Gasteiger partial charge in [-0.05, 0) is 44.4 Å². The zero-order chi connectivity index (χ0) is 19.4. The first kappa shape index (κ1) is 19.3. The van der Waals surface area contributed by atoms with E-state index >= 15 is 0 Å². The molecule has 0 aliphatic carbocycles. The maximum Gasteiger partial charge on any atom is 0.323 e. The number of carbonyl (C=O) groups excluding carboxylic acids is 1. The highest BCUT2D eigenvalue weighted by atomic mass is 32.1. The number of aromatic nitrogens is 2. The van der Waals surface area contributed by atoms with E-state index in [1.807, 2.05) is 37.2 Å². The van der Waals surface area contributed by atoms with E-state index in [1.54, 1.807) is 17.9 Å². The van der Waals surface area contributed by atoms with Crippen LogP contribution in [-0.2, 0) is 0 Å². The molecule has 1 aromatic carbocycles. The molecule has 1 fully saturated rings. The lowest BCUT2D eigenvalue weighted by atomic mass is 10.0. The molecule has 27 heavy (non-hydrogen) atoms. The molecular weight excluding hydrogens is 365 g/mol. The van der Waals surface area contributed by atoms with Crippen molar-refractivity contribution in [3.05, 3.63) is 41.0 Å². The van der Waals surface area contributed by atoms with Crippen molar-refractivity contribution in [2.24, 2.45) is 0 Å². The summed E-state index contributed by atoms with van der Waals surface area (Å²) in [4.78, 5) is 20.2. The Balaban J connectivity index is 1.64. The van der Waals surface area contributed by atoms with Crippen LogP contribution in [0.15, 0.2) is 23.8 Å². The summed E-state index contributed by atoms with van der Waals surface area (Å²) in [7, 11) is 3.78. The molecule has 1 saturated heterocycles. The first-order valence-corrected chi connectivity index (χ1v) is 9.72. The first-order valence-electron chi connectivity index (χ1n) is 8.95. The number of anilines is 2. The number of halogens is 1. The second-order valence-corrected chi connectivity index (χ2v) is 7.57. The molecule has 0 unspecified atom stereocenters. The molecule has 1 N–H and O–H groups in total. The molecule has 8 heteroatoms. The lowest BCUT2D eigenvalue weighted by molar-refractivity contribution is 0.214. The van der Waals surface area contributed by atoms with Crippen LogP contribution in [0.2, 0.25) is 0 Å². The number of nitrogens with zero attached hydrogens (tertiary/aromatic N) is 4. The Labute approximate surface area is 162 Å². The lowest BCUT2D eigenvalue weighted by Gasteiger charge is -2.19. The summed E-state index contributed by atoms with van der Waals surface area (Å²) in [6.45, 7) is 3.06. The highest BCUT2D eigenvalue weighted by molar-refractivity contribution is 7.09. The minimum absolute atomic E-state index is 0.158. The standard InChI is InChI=1S/C19H24FN5OS/c1-13-21-18(27-23-13)22-19(26)25-9-4-5-14(8-10-25)11-15-6-7-16(24(2)3)12-17(15)20/h6-7,11-12H,4-5,8-10H2,1-3H3,(H,21,22,23,26). The molecule has 144 valence electrons. The number of carbonyl (C=O) groups is 1. The van der Waals surface area contributed by atoms with Gasteiger partial charge in [-0.3, -0.25) is 5.32 Å². The smallest absolute Gasteiger partial charge is 0.323 e. The van der Waals surface area contributed by atoms with Crippen LogP contribution in [0.25, 0.3) is 6.08 Å². The second kappa shape index (κ2) is 8.47. The number of nitrogens with one attached hydrogen (secondary N) is 1. The van der Waals surface area contributed by atoms with Gasteiger partial charge >= 0.3 is 6.03 Å². The van der Waals surface area contributed by atoms with E-state index in [0.29, 0.717) is 29.6 Å². The second-order valence-electron chi connectivity index (χ2n) is 6.82. The van der Waals surface area contributed by atoms with Gasteiger partial charge in [-0.1, -0.05) is 11.6 Å². The topological polar surface area (TPSA) is 61.4 Å². The SMILES string of the molecule is Cc1nsc(NC(=O)N2CCCC(=Cc3ccc(N(C)C)cc3F)CC2)n1. The molecule has 1 aliphatic heterocycles. The molecule has 0 saturated carbocycles. The molecule has 3 rings (SSSR count). The van der Waals surface area contributed by atoms with Gasteiger partial charge in [0.2, 0.25) is 5.13 Å². The number of hydrogen-bond donors (Lipinski definition) is 1. The zero-order valence-electron chi connectivity index (χ0n) is 15.8. The molecule has 6 nitrogen and oxygen atoms in total. The molecule has 0 atom stereocenters. The highest BCUT2D eigenvalue weighted by Crippen LogP contribution is 2.24. The van der Waals surface area contributed by atoms with Crippen LogP contribution in [0.5, 0.6) is 0 Å². The van der Waals surface area contributed by atoms with E-state index in [9.17, 15) is 9.18 Å². The Bertz CT molecular complexity index is 848. The normalized spacial score (nSPS) is 16.3.